The van der Waals surface area contributed by atoms with E-state index in [-0.39, 0.29) is 11.8 Å². The lowest BCUT2D eigenvalue weighted by Gasteiger charge is -2.34. The average Bonchev–Trinajstić information content (AvgIpc) is 3.08. The second kappa shape index (κ2) is 6.95. The van der Waals surface area contributed by atoms with E-state index in [1.807, 2.05) is 15.9 Å². The Labute approximate surface area is 163 Å². The lowest BCUT2D eigenvalue weighted by molar-refractivity contribution is -0.131. The minimum absolute atomic E-state index is 0.139. The van der Waals surface area contributed by atoms with Gasteiger partial charge in [-0.15, -0.1) is 11.3 Å². The summed E-state index contributed by atoms with van der Waals surface area (Å²) in [5.74, 6) is 0.382. The molecule has 2 amide bonds. The third-order valence-electron chi connectivity index (χ3n) is 6.00. The first-order chi connectivity index (χ1) is 13.2. The molecule has 0 spiro atoms. The first-order valence-corrected chi connectivity index (χ1v) is 10.9. The topological polar surface area (TPSA) is 48.8 Å². The zero-order valence-corrected chi connectivity index (χ0v) is 16.4. The lowest BCUT2D eigenvalue weighted by Crippen LogP contribution is -2.51. The summed E-state index contributed by atoms with van der Waals surface area (Å²) in [6, 6.07) is 2.73. The highest BCUT2D eigenvalue weighted by Gasteiger charge is 2.27. The Kier molecular flexibility index (Phi) is 4.44. The highest BCUT2D eigenvalue weighted by molar-refractivity contribution is 7.20. The fraction of sp³-hybridized carbons (Fsp3) is 0.600. The molecule has 1 saturated carbocycles. The molecular weight excluding hydrogens is 360 g/mol. The van der Waals surface area contributed by atoms with Crippen LogP contribution in [0.25, 0.3) is 10.1 Å². The first-order valence-electron chi connectivity index (χ1n) is 10.1. The highest BCUT2D eigenvalue weighted by atomic mass is 32.1. The summed E-state index contributed by atoms with van der Waals surface area (Å²) in [5.41, 5.74) is 0. The van der Waals surface area contributed by atoms with Gasteiger partial charge in [0.1, 0.15) is 0 Å². The Morgan fingerprint density at radius 3 is 2.37 bits per heavy atom. The molecule has 0 atom stereocenters. The Hall–Kier alpha value is -1.86. The van der Waals surface area contributed by atoms with Crippen LogP contribution in [0.4, 0.5) is 0 Å². The Morgan fingerprint density at radius 2 is 1.70 bits per heavy atom. The predicted octanol–water partition coefficient (Wildman–Crippen LogP) is 2.42. The summed E-state index contributed by atoms with van der Waals surface area (Å²) in [4.78, 5) is 32.1. The molecule has 2 saturated heterocycles. The molecule has 3 fully saturated rings. The summed E-state index contributed by atoms with van der Waals surface area (Å²) in [7, 11) is 0. The second-order valence-electron chi connectivity index (χ2n) is 8.02. The van der Waals surface area contributed by atoms with Crippen LogP contribution in [-0.4, -0.2) is 76.9 Å². The van der Waals surface area contributed by atoms with E-state index in [0.29, 0.717) is 25.7 Å². The number of rotatable bonds is 4. The van der Waals surface area contributed by atoms with Crippen LogP contribution in [0.2, 0.25) is 0 Å². The van der Waals surface area contributed by atoms with Gasteiger partial charge in [-0.25, -0.2) is 0 Å². The second-order valence-corrected chi connectivity index (χ2v) is 9.11. The first kappa shape index (κ1) is 17.3. The SMILES string of the molecule is O=C(CN1CCN(C(=O)c2cc3cn(C4CC4)cc3s2)CC1)N1CCCC1. The molecule has 0 aromatic carbocycles. The van der Waals surface area contributed by atoms with Crippen LogP contribution in [0.1, 0.15) is 41.4 Å². The molecule has 144 valence electrons. The van der Waals surface area contributed by atoms with Crippen molar-refractivity contribution in [2.75, 3.05) is 45.8 Å². The van der Waals surface area contributed by atoms with Crippen molar-refractivity contribution in [2.24, 2.45) is 0 Å². The van der Waals surface area contributed by atoms with Crippen LogP contribution < -0.4 is 0 Å². The van der Waals surface area contributed by atoms with E-state index in [2.05, 4.69) is 21.9 Å². The van der Waals surface area contributed by atoms with Crippen molar-refractivity contribution in [2.45, 2.75) is 31.7 Å². The minimum Gasteiger partial charge on any atom is -0.349 e. The summed E-state index contributed by atoms with van der Waals surface area (Å²) in [6.45, 7) is 5.29. The Balaban J connectivity index is 1.17. The van der Waals surface area contributed by atoms with Crippen molar-refractivity contribution in [1.29, 1.82) is 0 Å². The van der Waals surface area contributed by atoms with Gasteiger partial charge in [0.25, 0.3) is 5.91 Å². The number of piperazine rings is 1. The van der Waals surface area contributed by atoms with Gasteiger partial charge >= 0.3 is 0 Å². The van der Waals surface area contributed by atoms with Crippen LogP contribution in [0.3, 0.4) is 0 Å². The van der Waals surface area contributed by atoms with Crippen molar-refractivity contribution in [3.63, 3.8) is 0 Å². The maximum atomic E-state index is 12.9. The fourth-order valence-corrected chi connectivity index (χ4v) is 5.21. The summed E-state index contributed by atoms with van der Waals surface area (Å²) in [6.07, 6.45) is 9.19. The van der Waals surface area contributed by atoms with Gasteiger partial charge < -0.3 is 14.4 Å². The van der Waals surface area contributed by atoms with E-state index >= 15 is 0 Å². The number of hydrogen-bond acceptors (Lipinski definition) is 4. The van der Waals surface area contributed by atoms with Gasteiger partial charge in [-0.3, -0.25) is 14.5 Å². The van der Waals surface area contributed by atoms with Crippen molar-refractivity contribution in [3.05, 3.63) is 23.3 Å². The molecule has 4 heterocycles. The zero-order valence-electron chi connectivity index (χ0n) is 15.6. The maximum absolute atomic E-state index is 12.9. The molecule has 0 bridgehead atoms. The van der Waals surface area contributed by atoms with Crippen LogP contribution in [0.15, 0.2) is 18.5 Å². The molecule has 2 aliphatic heterocycles. The Bertz CT molecular complexity index is 823. The molecule has 7 heteroatoms. The van der Waals surface area contributed by atoms with Crippen LogP contribution in [-0.2, 0) is 4.79 Å². The number of hydrogen-bond donors (Lipinski definition) is 0. The smallest absolute Gasteiger partial charge is 0.264 e. The van der Waals surface area contributed by atoms with E-state index in [0.717, 1.165) is 43.9 Å². The molecule has 2 aromatic rings. The summed E-state index contributed by atoms with van der Waals surface area (Å²) in [5, 5.41) is 1.19. The van der Waals surface area contributed by atoms with Gasteiger partial charge in [-0.05, 0) is 31.7 Å². The van der Waals surface area contributed by atoms with Gasteiger partial charge in [-0.1, -0.05) is 0 Å². The number of thiophene rings is 1. The normalized spacial score (nSPS) is 21.3. The number of carbonyl (C=O) groups is 2. The van der Waals surface area contributed by atoms with Gasteiger partial charge in [0, 0.05) is 63.1 Å². The van der Waals surface area contributed by atoms with E-state index in [1.54, 1.807) is 11.3 Å². The standard InChI is InChI=1S/C20H26N4O2S/c25-19(22-5-1-2-6-22)14-21-7-9-23(10-8-21)20(26)17-11-15-12-24(16-3-4-16)13-18(15)27-17/h11-13,16H,1-10,14H2. The number of nitrogens with zero attached hydrogens (tertiary/aromatic N) is 4. The largest absolute Gasteiger partial charge is 0.349 e. The number of aromatic nitrogens is 1. The van der Waals surface area contributed by atoms with Crippen molar-refractivity contribution < 1.29 is 9.59 Å². The van der Waals surface area contributed by atoms with E-state index in [4.69, 9.17) is 0 Å². The number of fused-ring (bicyclic) bond motifs is 1. The van der Waals surface area contributed by atoms with Gasteiger partial charge in [0.2, 0.25) is 5.91 Å². The predicted molar refractivity (Wildman–Crippen MR) is 106 cm³/mol. The third-order valence-corrected chi connectivity index (χ3v) is 7.08. The molecule has 27 heavy (non-hydrogen) atoms. The molecule has 5 rings (SSSR count). The summed E-state index contributed by atoms with van der Waals surface area (Å²) < 4.78 is 3.51. The fourth-order valence-electron chi connectivity index (χ4n) is 4.17. The molecule has 6 nitrogen and oxygen atoms in total. The van der Waals surface area contributed by atoms with Gasteiger partial charge in [0.05, 0.1) is 16.1 Å². The van der Waals surface area contributed by atoms with E-state index < -0.39 is 0 Å². The van der Waals surface area contributed by atoms with Crippen molar-refractivity contribution >= 4 is 33.2 Å². The molecule has 0 radical (unpaired) electrons. The Morgan fingerprint density at radius 1 is 0.963 bits per heavy atom. The monoisotopic (exact) mass is 386 g/mol. The van der Waals surface area contributed by atoms with E-state index in [9.17, 15) is 9.59 Å². The lowest BCUT2D eigenvalue weighted by atomic mass is 10.2. The highest BCUT2D eigenvalue weighted by Crippen LogP contribution is 2.38. The molecular formula is C20H26N4O2S. The van der Waals surface area contributed by atoms with Crippen LogP contribution in [0, 0.1) is 0 Å². The molecule has 0 N–H and O–H groups in total. The number of likely N-dealkylation sites (tertiary alicyclic amines) is 1. The average molecular weight is 387 g/mol. The minimum atomic E-state index is 0.139. The van der Waals surface area contributed by atoms with E-state index in [1.165, 1.54) is 22.9 Å². The molecule has 1 aliphatic carbocycles. The maximum Gasteiger partial charge on any atom is 0.264 e. The van der Waals surface area contributed by atoms with Crippen molar-refractivity contribution in [3.8, 4) is 0 Å². The van der Waals surface area contributed by atoms with Gasteiger partial charge in [-0.2, -0.15) is 0 Å². The van der Waals surface area contributed by atoms with Crippen LogP contribution in [0.5, 0.6) is 0 Å². The zero-order chi connectivity index (χ0) is 18.4. The quantitative estimate of drug-likeness (QED) is 0.811. The molecule has 3 aliphatic rings. The number of carbonyl (C=O) groups excluding carboxylic acids is 2. The molecule has 0 unspecified atom stereocenters. The number of amides is 2. The molecule has 2 aromatic heterocycles. The van der Waals surface area contributed by atoms with Gasteiger partial charge in [0.15, 0.2) is 0 Å². The third kappa shape index (κ3) is 3.50. The van der Waals surface area contributed by atoms with Crippen LogP contribution >= 0.6 is 11.3 Å². The summed E-state index contributed by atoms with van der Waals surface area (Å²) >= 11 is 1.61. The van der Waals surface area contributed by atoms with Crippen molar-refractivity contribution in [1.82, 2.24) is 19.3 Å².